The molecule has 1 aliphatic rings. The SMILES string of the molecule is CC(C)COc1cc(F)cc(-c2ccc(C(=O)NS(=O)(=O)c3cccc(N)n3)c(N3C[C@H](C)C[C@H](C)C3)n2)c1. The first-order chi connectivity index (χ1) is 18.4. The number of nitrogens with one attached hydrogen (secondary N) is 1. The van der Waals surface area contributed by atoms with Gasteiger partial charge in [0.05, 0.1) is 17.9 Å². The van der Waals surface area contributed by atoms with Gasteiger partial charge in [-0.25, -0.2) is 19.1 Å². The third-order valence-electron chi connectivity index (χ3n) is 6.29. The zero-order valence-corrected chi connectivity index (χ0v) is 23.3. The predicted octanol–water partition coefficient (Wildman–Crippen LogP) is 4.50. The highest BCUT2D eigenvalue weighted by molar-refractivity contribution is 7.90. The molecule has 0 aliphatic carbocycles. The van der Waals surface area contributed by atoms with Crippen LogP contribution in [0.25, 0.3) is 11.3 Å². The molecule has 3 N–H and O–H groups in total. The van der Waals surface area contributed by atoms with Gasteiger partial charge < -0.3 is 15.4 Å². The molecule has 208 valence electrons. The second-order valence-corrected chi connectivity index (χ2v) is 12.3. The molecule has 11 heteroatoms. The number of piperidine rings is 1. The molecule has 2 aromatic heterocycles. The van der Waals surface area contributed by atoms with Crippen LogP contribution in [0.1, 0.15) is 44.5 Å². The number of sulfonamides is 1. The molecule has 3 aromatic rings. The number of halogens is 1. The molecule has 4 rings (SSSR count). The van der Waals surface area contributed by atoms with Crippen molar-refractivity contribution in [3.8, 4) is 17.0 Å². The minimum atomic E-state index is -4.29. The van der Waals surface area contributed by atoms with Crippen LogP contribution >= 0.6 is 0 Å². The lowest BCUT2D eigenvalue weighted by atomic mass is 9.91. The van der Waals surface area contributed by atoms with Gasteiger partial charge in [-0.15, -0.1) is 0 Å². The van der Waals surface area contributed by atoms with Gasteiger partial charge in [0.25, 0.3) is 15.9 Å². The number of aromatic nitrogens is 2. The highest BCUT2D eigenvalue weighted by Crippen LogP contribution is 2.32. The first kappa shape index (κ1) is 28.3. The van der Waals surface area contributed by atoms with Crippen LogP contribution in [0.5, 0.6) is 5.75 Å². The average Bonchev–Trinajstić information content (AvgIpc) is 2.86. The van der Waals surface area contributed by atoms with Crippen LogP contribution in [0.3, 0.4) is 0 Å². The molecule has 39 heavy (non-hydrogen) atoms. The van der Waals surface area contributed by atoms with Gasteiger partial charge >= 0.3 is 0 Å². The van der Waals surface area contributed by atoms with E-state index in [4.69, 9.17) is 15.5 Å². The molecule has 1 saturated heterocycles. The van der Waals surface area contributed by atoms with Crippen molar-refractivity contribution in [3.05, 3.63) is 59.9 Å². The Morgan fingerprint density at radius 2 is 1.85 bits per heavy atom. The molecule has 1 aromatic carbocycles. The number of hydrogen-bond donors (Lipinski definition) is 2. The van der Waals surface area contributed by atoms with Crippen LogP contribution in [0, 0.1) is 23.6 Å². The van der Waals surface area contributed by atoms with Crippen molar-refractivity contribution in [2.45, 2.75) is 39.1 Å². The number of nitrogen functional groups attached to an aromatic ring is 1. The maximum Gasteiger partial charge on any atom is 0.281 e. The Hall–Kier alpha value is -3.73. The molecule has 0 bridgehead atoms. The number of anilines is 2. The highest BCUT2D eigenvalue weighted by Gasteiger charge is 2.29. The van der Waals surface area contributed by atoms with Gasteiger partial charge in [0, 0.05) is 24.7 Å². The summed E-state index contributed by atoms with van der Waals surface area (Å²) in [7, 11) is -4.29. The number of carbonyl (C=O) groups is 1. The summed E-state index contributed by atoms with van der Waals surface area (Å²) in [6.07, 6.45) is 1.02. The largest absolute Gasteiger partial charge is 0.493 e. The Morgan fingerprint density at radius 3 is 2.51 bits per heavy atom. The van der Waals surface area contributed by atoms with E-state index in [0.717, 1.165) is 6.42 Å². The number of ether oxygens (including phenoxy) is 1. The summed E-state index contributed by atoms with van der Waals surface area (Å²) < 4.78 is 48.1. The molecular weight excluding hydrogens is 521 g/mol. The third-order valence-corrected chi connectivity index (χ3v) is 7.52. The Kier molecular flexibility index (Phi) is 8.39. The van der Waals surface area contributed by atoms with E-state index >= 15 is 0 Å². The molecular formula is C28H34FN5O4S. The van der Waals surface area contributed by atoms with Crippen LogP contribution < -0.4 is 20.1 Å². The first-order valence-corrected chi connectivity index (χ1v) is 14.4. The molecule has 3 heterocycles. The van der Waals surface area contributed by atoms with E-state index in [1.807, 2.05) is 18.7 Å². The zero-order valence-electron chi connectivity index (χ0n) is 22.5. The summed E-state index contributed by atoms with van der Waals surface area (Å²) in [6, 6.07) is 11.6. The summed E-state index contributed by atoms with van der Waals surface area (Å²) in [5, 5.41) is -0.365. The maximum absolute atomic E-state index is 14.5. The summed E-state index contributed by atoms with van der Waals surface area (Å²) in [5.74, 6) is 0.331. The van der Waals surface area contributed by atoms with E-state index in [0.29, 0.717) is 54.4 Å². The standard InChI is InChI=1S/C28H34FN5O4S/c1-17(2)16-38-22-12-20(11-21(29)13-22)24-9-8-23(27(31-24)34-14-18(3)10-19(4)15-34)28(35)33-39(36,37)26-7-5-6-25(30)32-26/h5-9,11-13,17-19H,10,14-16H2,1-4H3,(H2,30,32)(H,33,35)/t18-,19+. The van der Waals surface area contributed by atoms with Crippen molar-refractivity contribution in [1.29, 1.82) is 0 Å². The molecule has 1 fully saturated rings. The molecule has 0 saturated carbocycles. The molecule has 0 spiro atoms. The predicted molar refractivity (Wildman–Crippen MR) is 148 cm³/mol. The number of nitrogens with zero attached hydrogens (tertiary/aromatic N) is 3. The van der Waals surface area contributed by atoms with Crippen LogP contribution in [0.2, 0.25) is 0 Å². The summed E-state index contributed by atoms with van der Waals surface area (Å²) in [4.78, 5) is 23.9. The Bertz CT molecular complexity index is 1450. The van der Waals surface area contributed by atoms with Crippen molar-refractivity contribution in [2.24, 2.45) is 17.8 Å². The number of carbonyl (C=O) groups excluding carboxylic acids is 1. The second kappa shape index (κ2) is 11.6. The van der Waals surface area contributed by atoms with Crippen molar-refractivity contribution in [1.82, 2.24) is 14.7 Å². The lowest BCUT2D eigenvalue weighted by Gasteiger charge is -2.36. The van der Waals surface area contributed by atoms with Crippen LogP contribution in [-0.2, 0) is 10.0 Å². The van der Waals surface area contributed by atoms with Gasteiger partial charge in [0.2, 0.25) is 0 Å². The number of nitrogens with two attached hydrogens (primary N) is 1. The van der Waals surface area contributed by atoms with E-state index in [1.54, 1.807) is 12.1 Å². The minimum Gasteiger partial charge on any atom is -0.493 e. The van der Waals surface area contributed by atoms with Gasteiger partial charge in [-0.3, -0.25) is 4.79 Å². The van der Waals surface area contributed by atoms with Crippen molar-refractivity contribution >= 4 is 27.6 Å². The number of pyridine rings is 2. The Balaban J connectivity index is 1.73. The fourth-order valence-corrected chi connectivity index (χ4v) is 5.67. The van der Waals surface area contributed by atoms with Gasteiger partial charge in [-0.05, 0) is 60.6 Å². The summed E-state index contributed by atoms with van der Waals surface area (Å²) >= 11 is 0. The molecule has 0 radical (unpaired) electrons. The van der Waals surface area contributed by atoms with E-state index < -0.39 is 21.7 Å². The monoisotopic (exact) mass is 555 g/mol. The van der Waals surface area contributed by atoms with Crippen molar-refractivity contribution < 1.29 is 22.3 Å². The molecule has 9 nitrogen and oxygen atoms in total. The van der Waals surface area contributed by atoms with Crippen LogP contribution in [0.15, 0.2) is 53.6 Å². The average molecular weight is 556 g/mol. The fraction of sp³-hybridized carbons (Fsp3) is 0.393. The van der Waals surface area contributed by atoms with Crippen molar-refractivity contribution in [2.75, 3.05) is 30.3 Å². The normalized spacial score (nSPS) is 17.7. The molecule has 1 aliphatic heterocycles. The van der Waals surface area contributed by atoms with E-state index in [-0.39, 0.29) is 22.3 Å². The lowest BCUT2D eigenvalue weighted by Crippen LogP contribution is -2.41. The van der Waals surface area contributed by atoms with Crippen LogP contribution in [0.4, 0.5) is 16.0 Å². The molecule has 2 atom stereocenters. The first-order valence-electron chi connectivity index (χ1n) is 12.9. The Morgan fingerprint density at radius 1 is 1.13 bits per heavy atom. The highest BCUT2D eigenvalue weighted by atomic mass is 32.2. The number of hydrogen-bond acceptors (Lipinski definition) is 8. The van der Waals surface area contributed by atoms with Crippen LogP contribution in [-0.4, -0.2) is 44.0 Å². The summed E-state index contributed by atoms with van der Waals surface area (Å²) in [6.45, 7) is 9.94. The minimum absolute atomic E-state index is 0.0140. The topological polar surface area (TPSA) is 128 Å². The van der Waals surface area contributed by atoms with E-state index in [1.165, 1.54) is 36.4 Å². The molecule has 1 amide bonds. The summed E-state index contributed by atoms with van der Waals surface area (Å²) in [5.41, 5.74) is 6.63. The maximum atomic E-state index is 14.5. The quantitative estimate of drug-likeness (QED) is 0.416. The van der Waals surface area contributed by atoms with Gasteiger partial charge in [0.15, 0.2) is 5.03 Å². The second-order valence-electron chi connectivity index (χ2n) is 10.6. The number of amides is 1. The number of benzene rings is 1. The molecule has 0 unspecified atom stereocenters. The number of rotatable bonds is 8. The van der Waals surface area contributed by atoms with E-state index in [9.17, 15) is 17.6 Å². The van der Waals surface area contributed by atoms with E-state index in [2.05, 4.69) is 23.6 Å². The van der Waals surface area contributed by atoms with Crippen molar-refractivity contribution in [3.63, 3.8) is 0 Å². The van der Waals surface area contributed by atoms with Gasteiger partial charge in [0.1, 0.15) is 23.2 Å². The third kappa shape index (κ3) is 7.03. The smallest absolute Gasteiger partial charge is 0.281 e. The van der Waals surface area contributed by atoms with Gasteiger partial charge in [-0.2, -0.15) is 8.42 Å². The zero-order chi connectivity index (χ0) is 28.3. The fourth-order valence-electron chi connectivity index (χ4n) is 4.73. The van der Waals surface area contributed by atoms with Gasteiger partial charge in [-0.1, -0.05) is 33.8 Å². The lowest BCUT2D eigenvalue weighted by molar-refractivity contribution is 0.0981. The Labute approximate surface area is 228 Å².